The Morgan fingerprint density at radius 1 is 1.44 bits per heavy atom. The molecule has 5 nitrogen and oxygen atoms in total. The molecule has 0 atom stereocenters. The molecule has 1 N–H and O–H groups in total. The first kappa shape index (κ1) is 14.9. The third kappa shape index (κ3) is 4.58. The van der Waals surface area contributed by atoms with Gasteiger partial charge in [-0.3, -0.25) is 4.79 Å². The summed E-state index contributed by atoms with van der Waals surface area (Å²) in [5.74, 6) is 1.48. The van der Waals surface area contributed by atoms with Gasteiger partial charge >= 0.3 is 0 Å². The quantitative estimate of drug-likeness (QED) is 0.468. The Morgan fingerprint density at radius 2 is 2.17 bits per heavy atom. The minimum atomic E-state index is 0.170. The highest BCUT2D eigenvalue weighted by molar-refractivity contribution is 6.32. The summed E-state index contributed by atoms with van der Waals surface area (Å²) in [6.45, 7) is 7.74. The first-order valence-corrected chi connectivity index (χ1v) is 6.23. The summed E-state index contributed by atoms with van der Waals surface area (Å²) in [6.07, 6.45) is 0.652. The highest BCUT2D eigenvalue weighted by Crippen LogP contribution is 2.18. The second-order valence-corrected chi connectivity index (χ2v) is 4.70. The zero-order valence-electron chi connectivity index (χ0n) is 10.9. The van der Waals surface area contributed by atoms with Crippen LogP contribution in [0.1, 0.15) is 30.0 Å². The van der Waals surface area contributed by atoms with Crippen molar-refractivity contribution in [1.29, 1.82) is 0 Å². The molecule has 0 aliphatic heterocycles. The summed E-state index contributed by atoms with van der Waals surface area (Å²) in [6, 6.07) is 0. The molecular formula is C12H18ClN3O2. The van der Waals surface area contributed by atoms with Gasteiger partial charge in [0.15, 0.2) is 6.29 Å². The van der Waals surface area contributed by atoms with Crippen LogP contribution >= 0.6 is 11.6 Å². The standard InChI is InChI=1S/C12H18ClN3O2/c1-8(2)7-18-5-4-14-12-10(6-17)11(13)15-9(3)16-12/h6,8H,4-5,7H2,1-3H3,(H,14,15,16). The van der Waals surface area contributed by atoms with Crippen molar-refractivity contribution in [3.8, 4) is 0 Å². The number of halogens is 1. The summed E-state index contributed by atoms with van der Waals surface area (Å²) in [5, 5.41) is 3.20. The van der Waals surface area contributed by atoms with E-state index in [2.05, 4.69) is 29.1 Å². The summed E-state index contributed by atoms with van der Waals surface area (Å²) < 4.78 is 5.42. The molecule has 0 unspecified atom stereocenters. The van der Waals surface area contributed by atoms with Gasteiger partial charge in [-0.15, -0.1) is 0 Å². The summed E-state index contributed by atoms with van der Waals surface area (Å²) in [7, 11) is 0. The molecule has 0 saturated heterocycles. The van der Waals surface area contributed by atoms with Gasteiger partial charge in [-0.25, -0.2) is 9.97 Å². The van der Waals surface area contributed by atoms with E-state index >= 15 is 0 Å². The van der Waals surface area contributed by atoms with Crippen LogP contribution in [-0.4, -0.2) is 36.0 Å². The van der Waals surface area contributed by atoms with Crippen LogP contribution in [0.2, 0.25) is 5.15 Å². The predicted octanol–water partition coefficient (Wildman–Crippen LogP) is 2.34. The van der Waals surface area contributed by atoms with Crippen molar-refractivity contribution in [2.24, 2.45) is 5.92 Å². The van der Waals surface area contributed by atoms with E-state index in [4.69, 9.17) is 16.3 Å². The van der Waals surface area contributed by atoms with Crippen LogP contribution < -0.4 is 5.32 Å². The van der Waals surface area contributed by atoms with E-state index in [1.165, 1.54) is 0 Å². The van der Waals surface area contributed by atoms with E-state index in [1.807, 2.05) is 0 Å². The van der Waals surface area contributed by atoms with Gasteiger partial charge in [0.25, 0.3) is 0 Å². The molecule has 1 heterocycles. The smallest absolute Gasteiger partial charge is 0.156 e. The monoisotopic (exact) mass is 271 g/mol. The lowest BCUT2D eigenvalue weighted by Crippen LogP contribution is -2.14. The number of carbonyl (C=O) groups is 1. The molecule has 0 aromatic carbocycles. The Morgan fingerprint density at radius 3 is 2.78 bits per heavy atom. The van der Waals surface area contributed by atoms with Gasteiger partial charge in [-0.05, 0) is 12.8 Å². The third-order valence-electron chi connectivity index (χ3n) is 2.12. The van der Waals surface area contributed by atoms with E-state index < -0.39 is 0 Å². The van der Waals surface area contributed by atoms with Crippen LogP contribution in [0.3, 0.4) is 0 Å². The van der Waals surface area contributed by atoms with Gasteiger partial charge < -0.3 is 10.1 Å². The van der Waals surface area contributed by atoms with Gasteiger partial charge in [0.05, 0.1) is 12.2 Å². The van der Waals surface area contributed by atoms with Crippen molar-refractivity contribution in [3.63, 3.8) is 0 Å². The number of nitrogens with zero attached hydrogens (tertiary/aromatic N) is 2. The SMILES string of the molecule is Cc1nc(Cl)c(C=O)c(NCCOCC(C)C)n1. The first-order chi connectivity index (χ1) is 8.54. The topological polar surface area (TPSA) is 64.1 Å². The minimum Gasteiger partial charge on any atom is -0.379 e. The average Bonchev–Trinajstić information content (AvgIpc) is 2.27. The fourth-order valence-electron chi connectivity index (χ4n) is 1.35. The Labute approximate surface area is 112 Å². The number of nitrogens with one attached hydrogen (secondary N) is 1. The van der Waals surface area contributed by atoms with Crippen molar-refractivity contribution in [2.45, 2.75) is 20.8 Å². The molecule has 0 aliphatic rings. The number of anilines is 1. The van der Waals surface area contributed by atoms with Crippen LogP contribution in [0, 0.1) is 12.8 Å². The zero-order valence-corrected chi connectivity index (χ0v) is 11.6. The molecular weight excluding hydrogens is 254 g/mol. The molecule has 100 valence electrons. The van der Waals surface area contributed by atoms with Crippen molar-refractivity contribution < 1.29 is 9.53 Å². The maximum absolute atomic E-state index is 10.9. The maximum atomic E-state index is 10.9. The molecule has 0 saturated carbocycles. The Hall–Kier alpha value is -1.20. The highest BCUT2D eigenvalue weighted by atomic mass is 35.5. The largest absolute Gasteiger partial charge is 0.379 e. The molecule has 1 aromatic heterocycles. The van der Waals surface area contributed by atoms with Crippen molar-refractivity contribution in [3.05, 3.63) is 16.5 Å². The number of hydrogen-bond donors (Lipinski definition) is 1. The van der Waals surface area contributed by atoms with Crippen LogP contribution in [0.5, 0.6) is 0 Å². The maximum Gasteiger partial charge on any atom is 0.156 e. The molecule has 0 bridgehead atoms. The fraction of sp³-hybridized carbons (Fsp3) is 0.583. The molecule has 1 aromatic rings. The lowest BCUT2D eigenvalue weighted by atomic mass is 10.2. The zero-order chi connectivity index (χ0) is 13.5. The Kier molecular flexibility index (Phi) is 6.01. The van der Waals surface area contributed by atoms with E-state index in [-0.39, 0.29) is 10.7 Å². The van der Waals surface area contributed by atoms with Gasteiger partial charge in [0.2, 0.25) is 0 Å². The van der Waals surface area contributed by atoms with Crippen molar-refractivity contribution in [1.82, 2.24) is 9.97 Å². The first-order valence-electron chi connectivity index (χ1n) is 5.85. The number of carbonyl (C=O) groups excluding carboxylic acids is 1. The number of ether oxygens (including phenoxy) is 1. The van der Waals surface area contributed by atoms with Gasteiger partial charge in [0, 0.05) is 13.2 Å². The molecule has 0 amide bonds. The lowest BCUT2D eigenvalue weighted by Gasteiger charge is -2.10. The summed E-state index contributed by atoms with van der Waals surface area (Å²) >= 11 is 5.86. The van der Waals surface area contributed by atoms with Crippen LogP contribution in [-0.2, 0) is 4.74 Å². The summed E-state index contributed by atoms with van der Waals surface area (Å²) in [4.78, 5) is 19.0. The van der Waals surface area contributed by atoms with E-state index in [1.54, 1.807) is 6.92 Å². The second-order valence-electron chi connectivity index (χ2n) is 4.34. The van der Waals surface area contributed by atoms with Gasteiger partial charge in [0.1, 0.15) is 16.8 Å². The average molecular weight is 272 g/mol. The van der Waals surface area contributed by atoms with Crippen molar-refractivity contribution in [2.75, 3.05) is 25.1 Å². The number of aromatic nitrogens is 2. The number of aryl methyl sites for hydroxylation is 1. The highest BCUT2D eigenvalue weighted by Gasteiger charge is 2.10. The number of aldehydes is 1. The van der Waals surface area contributed by atoms with E-state index in [0.29, 0.717) is 43.6 Å². The Balaban J connectivity index is 2.53. The van der Waals surface area contributed by atoms with Gasteiger partial charge in [-0.1, -0.05) is 25.4 Å². The molecule has 18 heavy (non-hydrogen) atoms. The van der Waals surface area contributed by atoms with Crippen LogP contribution in [0.4, 0.5) is 5.82 Å². The van der Waals surface area contributed by atoms with Crippen molar-refractivity contribution >= 4 is 23.7 Å². The normalized spacial score (nSPS) is 10.7. The lowest BCUT2D eigenvalue weighted by molar-refractivity contribution is 0.112. The third-order valence-corrected chi connectivity index (χ3v) is 2.41. The van der Waals surface area contributed by atoms with E-state index in [0.717, 1.165) is 0 Å². The Bertz CT molecular complexity index is 411. The van der Waals surface area contributed by atoms with E-state index in [9.17, 15) is 4.79 Å². The fourth-order valence-corrected chi connectivity index (χ4v) is 1.60. The summed E-state index contributed by atoms with van der Waals surface area (Å²) in [5.41, 5.74) is 0.283. The number of rotatable bonds is 7. The molecule has 0 fully saturated rings. The second kappa shape index (κ2) is 7.28. The molecule has 0 spiro atoms. The molecule has 0 aliphatic carbocycles. The molecule has 1 rings (SSSR count). The predicted molar refractivity (Wildman–Crippen MR) is 71.3 cm³/mol. The van der Waals surface area contributed by atoms with Gasteiger partial charge in [-0.2, -0.15) is 0 Å². The molecule has 0 radical (unpaired) electrons. The van der Waals surface area contributed by atoms with Crippen LogP contribution in [0.15, 0.2) is 0 Å². The van der Waals surface area contributed by atoms with Crippen LogP contribution in [0.25, 0.3) is 0 Å². The minimum absolute atomic E-state index is 0.170. The number of hydrogen-bond acceptors (Lipinski definition) is 5. The molecule has 6 heteroatoms.